The average Bonchev–Trinajstić information content (AvgIpc) is 3.96. The third-order valence-corrected chi connectivity index (χ3v) is 13.9. The van der Waals surface area contributed by atoms with Crippen molar-refractivity contribution in [1.82, 2.24) is 29.1 Å². The number of H-pyrrole nitrogens is 1. The first-order valence-electron chi connectivity index (χ1n) is 21.8. The van der Waals surface area contributed by atoms with Crippen LogP contribution in [0.15, 0.2) is 95.0 Å². The number of nitriles is 1. The van der Waals surface area contributed by atoms with Gasteiger partial charge in [-0.25, -0.2) is 9.98 Å². The second-order valence-corrected chi connectivity index (χ2v) is 19.4. The molecule has 18 heteroatoms. The van der Waals surface area contributed by atoms with Gasteiger partial charge in [-0.2, -0.15) is 10.2 Å². The highest BCUT2D eigenvalue weighted by Gasteiger charge is 2.65. The van der Waals surface area contributed by atoms with Crippen LogP contribution in [0, 0.1) is 11.3 Å². The van der Waals surface area contributed by atoms with Gasteiger partial charge in [-0.15, -0.1) is 0 Å². The maximum absolute atomic E-state index is 13.9. The molecule has 5 atom stereocenters. The number of esters is 1. The zero-order valence-corrected chi connectivity index (χ0v) is 40.0. The number of carbonyl (C=O) groups excluding carboxylic acids is 1. The lowest BCUT2D eigenvalue weighted by atomic mass is 9.79. The van der Waals surface area contributed by atoms with Gasteiger partial charge in [-0.05, 0) is 82.5 Å². The molecule has 5 aromatic rings. The van der Waals surface area contributed by atoms with Crippen molar-refractivity contribution < 1.29 is 37.7 Å². The molecule has 2 aromatic heterocycles. The van der Waals surface area contributed by atoms with Crippen LogP contribution in [0.4, 0.5) is 5.95 Å². The summed E-state index contributed by atoms with van der Waals surface area (Å²) in [5.41, 5.74) is -1.27. The first kappa shape index (κ1) is 48.2. The fraction of sp³-hybridized carbons (Fsp3) is 0.458. The fourth-order valence-electron chi connectivity index (χ4n) is 8.61. The first-order chi connectivity index (χ1) is 31.5. The van der Waals surface area contributed by atoms with E-state index in [0.717, 1.165) is 16.7 Å². The highest BCUT2D eigenvalue weighted by Crippen LogP contribution is 2.56. The predicted molar refractivity (Wildman–Crippen MR) is 250 cm³/mol. The zero-order valence-electron chi connectivity index (χ0n) is 39.1. The van der Waals surface area contributed by atoms with Crippen molar-refractivity contribution in [3.8, 4) is 17.6 Å². The molecule has 4 heterocycles. The summed E-state index contributed by atoms with van der Waals surface area (Å²) in [5, 5.41) is 9.48. The molecule has 0 amide bonds. The molecule has 3 aromatic carbocycles. The number of nitrogens with zero attached hydrogens (tertiary/aromatic N) is 7. The Morgan fingerprint density at radius 2 is 1.61 bits per heavy atom. The summed E-state index contributed by atoms with van der Waals surface area (Å²) >= 11 is 0. The van der Waals surface area contributed by atoms with Crippen LogP contribution in [-0.2, 0) is 33.9 Å². The molecule has 2 aliphatic heterocycles. The quantitative estimate of drug-likeness (QED) is 0.0274. The minimum atomic E-state index is -1.76. The van der Waals surface area contributed by atoms with Gasteiger partial charge >= 0.3 is 5.97 Å². The van der Waals surface area contributed by atoms with Crippen molar-refractivity contribution in [2.24, 2.45) is 4.99 Å². The van der Waals surface area contributed by atoms with Crippen molar-refractivity contribution in [3.63, 3.8) is 0 Å². The normalized spacial score (nSPS) is 20.1. The molecule has 2 fully saturated rings. The van der Waals surface area contributed by atoms with Crippen LogP contribution in [-0.4, -0.2) is 125 Å². The average molecular weight is 923 g/mol. The highest BCUT2D eigenvalue weighted by atomic mass is 31.2. The van der Waals surface area contributed by atoms with Crippen LogP contribution in [0.5, 0.6) is 11.5 Å². The van der Waals surface area contributed by atoms with Crippen molar-refractivity contribution in [2.45, 2.75) is 95.3 Å². The first-order valence-corrected chi connectivity index (χ1v) is 23.2. The van der Waals surface area contributed by atoms with Crippen LogP contribution >= 0.6 is 8.30 Å². The predicted octanol–water partition coefficient (Wildman–Crippen LogP) is 7.08. The van der Waals surface area contributed by atoms with E-state index < -0.39 is 55.1 Å². The Labute approximate surface area is 386 Å². The smallest absolute Gasteiger partial charge is 0.314 e. The van der Waals surface area contributed by atoms with Crippen molar-refractivity contribution in [3.05, 3.63) is 112 Å². The molecule has 17 nitrogen and oxygen atoms in total. The van der Waals surface area contributed by atoms with Gasteiger partial charge in [0.05, 0.1) is 52.6 Å². The van der Waals surface area contributed by atoms with Crippen molar-refractivity contribution in [1.29, 1.82) is 5.26 Å². The SMILES string of the molecule is COc1ccc(C(OC[C@@]23COC([C@H](n4cnc5c(=O)[nH]c(N=CN(C)C)nc54)O2)[C@H]3OP(CC(=O)OC(C)(C)CC#N)N(C(C)C)C(C)C)(c2ccccc2)c2ccc(OC)cc2)cc1. The lowest BCUT2D eigenvalue weighted by Gasteiger charge is -2.42. The van der Waals surface area contributed by atoms with Gasteiger partial charge in [0.2, 0.25) is 5.95 Å². The molecular formula is C48H59N8O9P. The van der Waals surface area contributed by atoms with E-state index >= 15 is 0 Å². The number of hydrogen-bond acceptors (Lipinski definition) is 14. The summed E-state index contributed by atoms with van der Waals surface area (Å²) in [5.74, 6) is 0.929. The van der Waals surface area contributed by atoms with Crippen molar-refractivity contribution >= 4 is 37.7 Å². The summed E-state index contributed by atoms with van der Waals surface area (Å²) in [6.45, 7) is 11.6. The molecule has 7 rings (SSSR count). The number of fused-ring (bicyclic) bond motifs is 3. The second kappa shape index (κ2) is 20.0. The van der Waals surface area contributed by atoms with E-state index in [2.05, 4.69) is 53.4 Å². The van der Waals surface area contributed by atoms with Gasteiger partial charge in [0.25, 0.3) is 5.56 Å². The minimum absolute atomic E-state index is 0.0214. The molecule has 2 unspecified atom stereocenters. The molecule has 0 spiro atoms. The van der Waals surface area contributed by atoms with Gasteiger partial charge in [0, 0.05) is 26.2 Å². The summed E-state index contributed by atoms with van der Waals surface area (Å²) in [6, 6.07) is 27.4. The van der Waals surface area contributed by atoms with E-state index in [-0.39, 0.29) is 55.0 Å². The topological polar surface area (TPSA) is 188 Å². The Morgan fingerprint density at radius 3 is 2.17 bits per heavy atom. The molecule has 2 saturated heterocycles. The Balaban J connectivity index is 1.38. The standard InChI is InChI=1S/C48H59N8O9P/c1-31(2)56(32(3)4)66(26-38(57)63-46(5,6)24-25-49)65-41-40-44(55-30-50-39-42(55)52-45(53-43(39)58)51-29-54(7)8)64-47(41,27-61-40)28-62-48(33-14-12-11-13-15-33,34-16-20-36(59-9)21-17-34)35-18-22-37(60-10)23-19-35/h11-23,29-32,40-41,44H,24,26-28H2,1-10H3,(H,52,53,58)/t40?,41-,44-,47-,66?/m1/s1. The number of methoxy groups -OCH3 is 2. The molecular weight excluding hydrogens is 864 g/mol. The summed E-state index contributed by atoms with van der Waals surface area (Å²) in [7, 11) is 5.10. The molecule has 0 radical (unpaired) electrons. The van der Waals surface area contributed by atoms with E-state index in [1.807, 2.05) is 93.0 Å². The van der Waals surface area contributed by atoms with Crippen LogP contribution in [0.1, 0.15) is 70.9 Å². The van der Waals surface area contributed by atoms with E-state index in [1.54, 1.807) is 37.5 Å². The van der Waals surface area contributed by atoms with Gasteiger partial charge < -0.3 is 37.8 Å². The van der Waals surface area contributed by atoms with Gasteiger partial charge in [0.15, 0.2) is 17.4 Å². The molecule has 350 valence electrons. The fourth-order valence-corrected chi connectivity index (χ4v) is 10.8. The second-order valence-electron chi connectivity index (χ2n) is 17.7. The largest absolute Gasteiger partial charge is 0.497 e. The van der Waals surface area contributed by atoms with Crippen molar-refractivity contribution in [2.75, 3.05) is 47.7 Å². The van der Waals surface area contributed by atoms with Crippen LogP contribution in [0.3, 0.4) is 0 Å². The number of aliphatic imine (C=N–C) groups is 1. The Hall–Kier alpha value is -5.73. The minimum Gasteiger partial charge on any atom is -0.497 e. The number of imidazole rings is 1. The van der Waals surface area contributed by atoms with Gasteiger partial charge in [-0.3, -0.25) is 23.8 Å². The number of ether oxygens (including phenoxy) is 6. The lowest BCUT2D eigenvalue weighted by Crippen LogP contribution is -2.49. The van der Waals surface area contributed by atoms with Gasteiger partial charge in [-0.1, -0.05) is 54.6 Å². The number of rotatable bonds is 20. The van der Waals surface area contributed by atoms with Crippen LogP contribution < -0.4 is 15.0 Å². The Morgan fingerprint density at radius 1 is 1.00 bits per heavy atom. The summed E-state index contributed by atoms with van der Waals surface area (Å²) in [4.78, 5) is 45.2. The number of aromatic nitrogens is 4. The highest BCUT2D eigenvalue weighted by molar-refractivity contribution is 7.51. The van der Waals surface area contributed by atoms with Crippen LogP contribution in [0.2, 0.25) is 0 Å². The van der Waals surface area contributed by atoms with Crippen LogP contribution in [0.25, 0.3) is 11.2 Å². The van der Waals surface area contributed by atoms with E-state index in [1.165, 1.54) is 12.7 Å². The monoisotopic (exact) mass is 922 g/mol. The zero-order chi connectivity index (χ0) is 47.4. The number of hydrogen-bond donors (Lipinski definition) is 1. The summed E-state index contributed by atoms with van der Waals surface area (Å²) in [6.07, 6.45) is 0.387. The lowest BCUT2D eigenvalue weighted by molar-refractivity contribution is -0.201. The number of nitrogens with one attached hydrogen (secondary N) is 1. The molecule has 2 bridgehead atoms. The Bertz CT molecular complexity index is 2520. The van der Waals surface area contributed by atoms with E-state index in [4.69, 9.17) is 37.9 Å². The number of carbonyl (C=O) groups is 1. The molecule has 0 saturated carbocycles. The molecule has 66 heavy (non-hydrogen) atoms. The molecule has 1 N–H and O–H groups in total. The summed E-state index contributed by atoms with van der Waals surface area (Å²) < 4.78 is 49.7. The van der Waals surface area contributed by atoms with E-state index in [0.29, 0.717) is 11.5 Å². The number of aromatic amines is 1. The Kier molecular flexibility index (Phi) is 14.6. The number of benzene rings is 3. The maximum atomic E-state index is 13.9. The maximum Gasteiger partial charge on any atom is 0.314 e. The third kappa shape index (κ3) is 9.85. The molecule has 0 aliphatic carbocycles. The van der Waals surface area contributed by atoms with E-state index in [9.17, 15) is 14.9 Å². The third-order valence-electron chi connectivity index (χ3n) is 11.5. The van der Waals surface area contributed by atoms with Gasteiger partial charge in [0.1, 0.15) is 55.0 Å². The molecule has 2 aliphatic rings.